The monoisotopic (exact) mass is 344 g/mol. The fraction of sp³-hybridized carbons (Fsp3) is 0.200. The summed E-state index contributed by atoms with van der Waals surface area (Å²) >= 11 is 5.78. The molecular formula is C10H9ClHf. The molecule has 2 heteroatoms. The second kappa shape index (κ2) is 4.38. The Morgan fingerprint density at radius 1 is 1.25 bits per heavy atom. The Labute approximate surface area is 96.4 Å². The van der Waals surface area contributed by atoms with Crippen molar-refractivity contribution in [3.63, 3.8) is 0 Å². The number of halogens is 1. The van der Waals surface area contributed by atoms with Crippen LogP contribution < -0.4 is 0 Å². The summed E-state index contributed by atoms with van der Waals surface area (Å²) in [5, 5.41) is 0. The third-order valence-corrected chi connectivity index (χ3v) is 2.40. The smallest absolute Gasteiger partial charge is 0.0327 e. The average molecular weight is 343 g/mol. The minimum absolute atomic E-state index is 0. The van der Waals surface area contributed by atoms with E-state index in [1.54, 1.807) is 0 Å². The van der Waals surface area contributed by atoms with Gasteiger partial charge in [0.25, 0.3) is 0 Å². The van der Waals surface area contributed by atoms with Gasteiger partial charge in [0.2, 0.25) is 0 Å². The van der Waals surface area contributed by atoms with E-state index in [9.17, 15) is 0 Å². The van der Waals surface area contributed by atoms with Crippen molar-refractivity contribution in [1.82, 2.24) is 0 Å². The molecule has 1 aromatic rings. The molecule has 0 amide bonds. The van der Waals surface area contributed by atoms with Crippen LogP contribution in [-0.2, 0) is 25.8 Å². The van der Waals surface area contributed by atoms with Crippen molar-refractivity contribution in [2.45, 2.75) is 5.92 Å². The van der Waals surface area contributed by atoms with Crippen LogP contribution in [0, 0.1) is 0 Å². The molecule has 0 bridgehead atoms. The molecule has 0 nitrogen and oxygen atoms in total. The Hall–Kier alpha value is 0.120. The van der Waals surface area contributed by atoms with Gasteiger partial charge < -0.3 is 0 Å². The zero-order valence-corrected chi connectivity index (χ0v) is 11.0. The van der Waals surface area contributed by atoms with Crippen molar-refractivity contribution in [2.24, 2.45) is 0 Å². The molecule has 0 aliphatic heterocycles. The fourth-order valence-electron chi connectivity index (χ4n) is 1.46. The Bertz CT molecular complexity index is 294. The van der Waals surface area contributed by atoms with Gasteiger partial charge in [0, 0.05) is 37.6 Å². The van der Waals surface area contributed by atoms with Crippen LogP contribution >= 0.6 is 11.6 Å². The van der Waals surface area contributed by atoms with E-state index >= 15 is 0 Å². The number of fused-ring (bicyclic) bond motifs is 1. The fourth-order valence-corrected chi connectivity index (χ4v) is 1.73. The molecule has 0 radical (unpaired) electrons. The van der Waals surface area contributed by atoms with Crippen LogP contribution in [0.4, 0.5) is 0 Å². The third-order valence-electron chi connectivity index (χ3n) is 2.07. The quantitative estimate of drug-likeness (QED) is 0.543. The summed E-state index contributed by atoms with van der Waals surface area (Å²) in [6, 6.07) is 8.38. The first-order chi connectivity index (χ1) is 5.42. The molecule has 1 aromatic carbocycles. The van der Waals surface area contributed by atoms with E-state index in [1.165, 1.54) is 11.1 Å². The van der Waals surface area contributed by atoms with Gasteiger partial charge in [-0.3, -0.25) is 0 Å². The molecule has 1 aliphatic rings. The summed E-state index contributed by atoms with van der Waals surface area (Å²) in [6.07, 6.45) is 4.31. The van der Waals surface area contributed by atoms with E-state index in [0.29, 0.717) is 11.8 Å². The second-order valence-corrected chi connectivity index (χ2v) is 3.06. The van der Waals surface area contributed by atoms with Gasteiger partial charge in [0.15, 0.2) is 0 Å². The Kier molecular flexibility index (Phi) is 3.73. The molecule has 0 saturated heterocycles. The van der Waals surface area contributed by atoms with Crippen LogP contribution in [0.15, 0.2) is 30.3 Å². The SMILES string of the molecule is ClCC1C=Cc2ccccc21.[Hf]. The Balaban J connectivity index is 0.000000720. The first kappa shape index (κ1) is 10.2. The van der Waals surface area contributed by atoms with E-state index in [1.807, 2.05) is 0 Å². The van der Waals surface area contributed by atoms with Crippen LogP contribution in [0.5, 0.6) is 0 Å². The van der Waals surface area contributed by atoms with Gasteiger partial charge in [-0.1, -0.05) is 36.4 Å². The van der Waals surface area contributed by atoms with Crippen LogP contribution in [0.2, 0.25) is 0 Å². The topological polar surface area (TPSA) is 0 Å². The standard InChI is InChI=1S/C10H9Cl.Hf/c11-7-9-6-5-8-3-1-2-4-10(8)9;/h1-6,9H,7H2;. The van der Waals surface area contributed by atoms with Crippen LogP contribution in [-0.4, -0.2) is 5.88 Å². The van der Waals surface area contributed by atoms with E-state index in [4.69, 9.17) is 11.6 Å². The molecule has 0 aromatic heterocycles. The van der Waals surface area contributed by atoms with Crippen molar-refractivity contribution >= 4 is 17.7 Å². The van der Waals surface area contributed by atoms with Gasteiger partial charge in [-0.2, -0.15) is 0 Å². The van der Waals surface area contributed by atoms with Gasteiger partial charge in [-0.05, 0) is 11.1 Å². The molecule has 0 fully saturated rings. The first-order valence-corrected chi connectivity index (χ1v) is 4.28. The molecule has 12 heavy (non-hydrogen) atoms. The summed E-state index contributed by atoms with van der Waals surface area (Å²) in [7, 11) is 0. The first-order valence-electron chi connectivity index (χ1n) is 3.75. The van der Waals surface area contributed by atoms with Crippen LogP contribution in [0.1, 0.15) is 17.0 Å². The molecular weight excluding hydrogens is 334 g/mol. The maximum atomic E-state index is 5.78. The van der Waals surface area contributed by atoms with Crippen LogP contribution in [0.25, 0.3) is 6.08 Å². The van der Waals surface area contributed by atoms with Crippen molar-refractivity contribution in [1.29, 1.82) is 0 Å². The normalized spacial score (nSPS) is 18.6. The summed E-state index contributed by atoms with van der Waals surface area (Å²) in [5.41, 5.74) is 2.68. The summed E-state index contributed by atoms with van der Waals surface area (Å²) in [4.78, 5) is 0. The predicted octanol–water partition coefficient (Wildman–Crippen LogP) is 3.03. The molecule has 1 aliphatic carbocycles. The number of benzene rings is 1. The number of alkyl halides is 1. The molecule has 0 saturated carbocycles. The third kappa shape index (κ3) is 1.72. The number of hydrogen-bond donors (Lipinski definition) is 0. The number of allylic oxidation sites excluding steroid dienone is 1. The van der Waals surface area contributed by atoms with Crippen molar-refractivity contribution in [3.05, 3.63) is 41.5 Å². The molecule has 1 unspecified atom stereocenters. The zero-order valence-electron chi connectivity index (χ0n) is 6.63. The summed E-state index contributed by atoms with van der Waals surface area (Å²) in [6.45, 7) is 0. The summed E-state index contributed by atoms with van der Waals surface area (Å²) in [5.74, 6) is 1.13. The largest absolute Gasteiger partial charge is 0.126 e. The molecule has 2 rings (SSSR count). The number of rotatable bonds is 1. The van der Waals surface area contributed by atoms with E-state index in [-0.39, 0.29) is 25.8 Å². The minimum Gasteiger partial charge on any atom is -0.126 e. The van der Waals surface area contributed by atoms with E-state index < -0.39 is 0 Å². The van der Waals surface area contributed by atoms with E-state index in [2.05, 4.69) is 36.4 Å². The Morgan fingerprint density at radius 2 is 2.00 bits per heavy atom. The summed E-state index contributed by atoms with van der Waals surface area (Å²) < 4.78 is 0. The van der Waals surface area contributed by atoms with Gasteiger partial charge in [0.05, 0.1) is 0 Å². The average Bonchev–Trinajstić information content (AvgIpc) is 2.47. The molecule has 0 N–H and O–H groups in total. The molecule has 1 atom stereocenters. The van der Waals surface area contributed by atoms with Gasteiger partial charge >= 0.3 is 0 Å². The maximum Gasteiger partial charge on any atom is 0.0327 e. The molecule has 0 heterocycles. The molecule has 60 valence electrons. The van der Waals surface area contributed by atoms with Crippen LogP contribution in [0.3, 0.4) is 0 Å². The maximum absolute atomic E-state index is 5.78. The zero-order chi connectivity index (χ0) is 7.68. The van der Waals surface area contributed by atoms with Crippen molar-refractivity contribution in [3.8, 4) is 0 Å². The van der Waals surface area contributed by atoms with Crippen molar-refractivity contribution in [2.75, 3.05) is 5.88 Å². The minimum atomic E-state index is 0. The number of hydrogen-bond acceptors (Lipinski definition) is 0. The van der Waals surface area contributed by atoms with E-state index in [0.717, 1.165) is 0 Å². The van der Waals surface area contributed by atoms with Crippen molar-refractivity contribution < 1.29 is 25.8 Å². The van der Waals surface area contributed by atoms with Gasteiger partial charge in [-0.25, -0.2) is 0 Å². The Morgan fingerprint density at radius 3 is 2.75 bits per heavy atom. The molecule has 0 spiro atoms. The van der Waals surface area contributed by atoms with Gasteiger partial charge in [0.1, 0.15) is 0 Å². The van der Waals surface area contributed by atoms with Gasteiger partial charge in [-0.15, -0.1) is 11.6 Å². The predicted molar refractivity (Wildman–Crippen MR) is 48.9 cm³/mol. The second-order valence-electron chi connectivity index (χ2n) is 2.75.